The molecule has 4 rings (SSSR count). The van der Waals surface area contributed by atoms with Crippen molar-refractivity contribution in [1.82, 2.24) is 14.5 Å². The van der Waals surface area contributed by atoms with Crippen molar-refractivity contribution in [2.75, 3.05) is 63.6 Å². The van der Waals surface area contributed by atoms with Crippen molar-refractivity contribution < 1.29 is 26.7 Å². The number of esters is 1. The smallest absolute Gasteiger partial charge is 0.337 e. The summed E-state index contributed by atoms with van der Waals surface area (Å²) >= 11 is 5.88. The predicted octanol–water partition coefficient (Wildman–Crippen LogP) is 2.75. The van der Waals surface area contributed by atoms with E-state index < -0.39 is 27.6 Å². The van der Waals surface area contributed by atoms with Crippen LogP contribution >= 0.6 is 24.0 Å². The number of nitrogens with zero attached hydrogens (tertiary/aromatic N) is 3. The van der Waals surface area contributed by atoms with Crippen molar-refractivity contribution in [3.63, 3.8) is 0 Å². The molecule has 0 bridgehead atoms. The van der Waals surface area contributed by atoms with Gasteiger partial charge in [0.1, 0.15) is 11.6 Å². The molecule has 0 aliphatic carbocycles. The third-order valence-electron chi connectivity index (χ3n) is 6.69. The van der Waals surface area contributed by atoms with Crippen LogP contribution in [0, 0.1) is 11.6 Å². The molecule has 2 aliphatic heterocycles. The summed E-state index contributed by atoms with van der Waals surface area (Å²) in [5.41, 5.74) is 1.13. The van der Waals surface area contributed by atoms with Crippen LogP contribution in [0.15, 0.2) is 36.4 Å². The number of methoxy groups -OCH3 is 1. The lowest BCUT2D eigenvalue weighted by molar-refractivity contribution is 0.0600. The molecule has 0 aromatic heterocycles. The Morgan fingerprint density at radius 3 is 2.41 bits per heavy atom. The van der Waals surface area contributed by atoms with Crippen LogP contribution in [0.25, 0.3) is 0 Å². The van der Waals surface area contributed by atoms with E-state index in [4.69, 9.17) is 11.6 Å². The highest BCUT2D eigenvalue weighted by Gasteiger charge is 2.34. The molecule has 2 aromatic carbocycles. The Morgan fingerprint density at radius 2 is 1.78 bits per heavy atom. The van der Waals surface area contributed by atoms with Gasteiger partial charge in [-0.1, -0.05) is 17.7 Å². The number of nitrogens with one attached hydrogen (secondary N) is 1. The van der Waals surface area contributed by atoms with Gasteiger partial charge in [-0.3, -0.25) is 9.80 Å². The highest BCUT2D eigenvalue weighted by Crippen LogP contribution is 2.28. The van der Waals surface area contributed by atoms with E-state index >= 15 is 0 Å². The third-order valence-corrected chi connectivity index (χ3v) is 8.28. The zero-order chi connectivity index (χ0) is 25.9. The number of carbonyl (C=O) groups is 1. The van der Waals surface area contributed by atoms with E-state index in [2.05, 4.69) is 24.2 Å². The second kappa shape index (κ2) is 12.7. The van der Waals surface area contributed by atoms with Crippen molar-refractivity contribution in [3.8, 4) is 0 Å². The van der Waals surface area contributed by atoms with E-state index in [1.807, 2.05) is 0 Å². The van der Waals surface area contributed by atoms with Crippen molar-refractivity contribution >= 4 is 45.7 Å². The molecule has 0 radical (unpaired) electrons. The molecule has 0 saturated carbocycles. The minimum atomic E-state index is -3.60. The minimum absolute atomic E-state index is 0. The van der Waals surface area contributed by atoms with Gasteiger partial charge in [-0.05, 0) is 30.3 Å². The molecule has 2 saturated heterocycles. The maximum Gasteiger partial charge on any atom is 0.337 e. The summed E-state index contributed by atoms with van der Waals surface area (Å²) in [6.45, 7) is 5.09. The van der Waals surface area contributed by atoms with E-state index in [-0.39, 0.29) is 40.9 Å². The molecule has 2 aromatic rings. The second-order valence-electron chi connectivity index (χ2n) is 8.97. The van der Waals surface area contributed by atoms with Gasteiger partial charge in [0, 0.05) is 69.7 Å². The molecule has 2 aliphatic rings. The zero-order valence-corrected chi connectivity index (χ0v) is 22.7. The van der Waals surface area contributed by atoms with E-state index in [0.29, 0.717) is 12.6 Å². The van der Waals surface area contributed by atoms with Crippen molar-refractivity contribution in [2.24, 2.45) is 0 Å². The zero-order valence-electron chi connectivity index (χ0n) is 20.3. The first-order chi connectivity index (χ1) is 17.1. The van der Waals surface area contributed by atoms with Crippen LogP contribution in [0.5, 0.6) is 0 Å². The van der Waals surface area contributed by atoms with Gasteiger partial charge in [0.15, 0.2) is 0 Å². The number of ether oxygens (including phenoxy) is 1. The molecule has 0 atom stereocenters. The SMILES string of the molecule is COC(=O)c1ccc(CNS(=O)(=O)CCN2CCN(C3CN(c4ccc(F)c(Cl)c4)C3)CC2)c(F)c1.Cl. The molecule has 0 spiro atoms. The molecule has 204 valence electrons. The Balaban J connectivity index is 0.00000380. The number of rotatable bonds is 9. The summed E-state index contributed by atoms with van der Waals surface area (Å²) in [6.07, 6.45) is 0. The molecule has 37 heavy (non-hydrogen) atoms. The van der Waals surface area contributed by atoms with Crippen LogP contribution in [0.1, 0.15) is 15.9 Å². The largest absolute Gasteiger partial charge is 0.465 e. The molecular weight excluding hydrogens is 549 g/mol. The lowest BCUT2D eigenvalue weighted by atomic mass is 10.0. The summed E-state index contributed by atoms with van der Waals surface area (Å²) in [6, 6.07) is 8.96. The Hall–Kier alpha value is -2.02. The summed E-state index contributed by atoms with van der Waals surface area (Å²) in [5.74, 6) is -1.84. The maximum absolute atomic E-state index is 14.2. The van der Waals surface area contributed by atoms with Gasteiger partial charge in [-0.2, -0.15) is 0 Å². The summed E-state index contributed by atoms with van der Waals surface area (Å²) in [5, 5.41) is 0.121. The van der Waals surface area contributed by atoms with E-state index in [1.54, 1.807) is 12.1 Å². The topological polar surface area (TPSA) is 82.2 Å². The summed E-state index contributed by atoms with van der Waals surface area (Å²) < 4.78 is 59.4. The fraction of sp³-hybridized carbons (Fsp3) is 0.458. The lowest BCUT2D eigenvalue weighted by Crippen LogP contribution is -2.63. The van der Waals surface area contributed by atoms with Gasteiger partial charge < -0.3 is 9.64 Å². The number of anilines is 1. The van der Waals surface area contributed by atoms with Crippen LogP contribution in [0.2, 0.25) is 5.02 Å². The van der Waals surface area contributed by atoms with Crippen LogP contribution < -0.4 is 9.62 Å². The second-order valence-corrected chi connectivity index (χ2v) is 11.3. The molecule has 0 unspecified atom stereocenters. The van der Waals surface area contributed by atoms with Gasteiger partial charge in [0.2, 0.25) is 10.0 Å². The van der Waals surface area contributed by atoms with Crippen LogP contribution in [-0.4, -0.2) is 88.9 Å². The molecule has 13 heteroatoms. The number of hydrogen-bond donors (Lipinski definition) is 1. The monoisotopic (exact) mass is 578 g/mol. The number of halogens is 4. The van der Waals surface area contributed by atoms with Gasteiger partial charge in [0.05, 0.1) is 23.4 Å². The molecule has 1 N–H and O–H groups in total. The lowest BCUT2D eigenvalue weighted by Gasteiger charge is -2.49. The number of piperazine rings is 1. The summed E-state index contributed by atoms with van der Waals surface area (Å²) in [7, 11) is -2.40. The van der Waals surface area contributed by atoms with Gasteiger partial charge in [0.25, 0.3) is 0 Å². The van der Waals surface area contributed by atoms with Crippen LogP contribution in [-0.2, 0) is 21.3 Å². The minimum Gasteiger partial charge on any atom is -0.465 e. The van der Waals surface area contributed by atoms with Crippen LogP contribution in [0.3, 0.4) is 0 Å². The number of carbonyl (C=O) groups excluding carboxylic acids is 1. The Bertz CT molecular complexity index is 1210. The quantitative estimate of drug-likeness (QED) is 0.458. The third kappa shape index (κ3) is 7.52. The van der Waals surface area contributed by atoms with Gasteiger partial charge >= 0.3 is 5.97 Å². The number of benzene rings is 2. The van der Waals surface area contributed by atoms with Crippen LogP contribution in [0.4, 0.5) is 14.5 Å². The molecule has 2 heterocycles. The molecular formula is C24H30Cl2F2N4O4S. The Labute approximate surface area is 227 Å². The highest BCUT2D eigenvalue weighted by atomic mass is 35.5. The Morgan fingerprint density at radius 1 is 1.08 bits per heavy atom. The number of hydrogen-bond acceptors (Lipinski definition) is 7. The normalized spacial score (nSPS) is 17.2. The summed E-state index contributed by atoms with van der Waals surface area (Å²) in [4.78, 5) is 18.1. The Kier molecular flexibility index (Phi) is 10.1. The molecule has 0 amide bonds. The standard InChI is InChI=1S/C24H29ClF2N4O4S.ClH/c1-35-24(32)17-2-3-18(23(27)12-17)14-28-36(33,34)11-10-29-6-8-30(9-7-29)20-15-31(16-20)19-4-5-22(26)21(25)13-19;/h2-5,12-13,20,28H,6-11,14-16H2,1H3;1H. The first-order valence-corrected chi connectivity index (χ1v) is 13.7. The van der Waals surface area contributed by atoms with Crippen molar-refractivity contribution in [3.05, 3.63) is 64.2 Å². The van der Waals surface area contributed by atoms with Gasteiger partial charge in [-0.15, -0.1) is 12.4 Å². The fourth-order valence-corrected chi connectivity index (χ4v) is 5.57. The molecule has 2 fully saturated rings. The van der Waals surface area contributed by atoms with Crippen molar-refractivity contribution in [2.45, 2.75) is 12.6 Å². The highest BCUT2D eigenvalue weighted by molar-refractivity contribution is 7.89. The first-order valence-electron chi connectivity index (χ1n) is 11.7. The first kappa shape index (κ1) is 29.5. The van der Waals surface area contributed by atoms with E-state index in [0.717, 1.165) is 51.0 Å². The van der Waals surface area contributed by atoms with E-state index in [9.17, 15) is 22.0 Å². The van der Waals surface area contributed by atoms with Gasteiger partial charge in [-0.25, -0.2) is 26.7 Å². The van der Waals surface area contributed by atoms with Crippen molar-refractivity contribution in [1.29, 1.82) is 0 Å². The predicted molar refractivity (Wildman–Crippen MR) is 141 cm³/mol. The average Bonchev–Trinajstić information content (AvgIpc) is 2.83. The number of sulfonamides is 1. The average molecular weight is 579 g/mol. The molecule has 8 nitrogen and oxygen atoms in total. The fourth-order valence-electron chi connectivity index (χ4n) is 4.38. The maximum atomic E-state index is 14.2. The van der Waals surface area contributed by atoms with E-state index in [1.165, 1.54) is 25.3 Å².